The van der Waals surface area contributed by atoms with E-state index in [0.717, 1.165) is 36.8 Å². The van der Waals surface area contributed by atoms with Crippen LogP contribution < -0.4 is 16.4 Å². The van der Waals surface area contributed by atoms with Crippen molar-refractivity contribution < 1.29 is 23.9 Å². The van der Waals surface area contributed by atoms with Crippen molar-refractivity contribution in [2.24, 2.45) is 5.73 Å². The summed E-state index contributed by atoms with van der Waals surface area (Å²) in [6.07, 6.45) is 2.36. The van der Waals surface area contributed by atoms with Crippen molar-refractivity contribution in [3.63, 3.8) is 0 Å². The van der Waals surface area contributed by atoms with E-state index < -0.39 is 35.6 Å². The smallest absolute Gasteiger partial charge is 0.408 e. The molecule has 0 heterocycles. The van der Waals surface area contributed by atoms with Gasteiger partial charge in [-0.1, -0.05) is 31.5 Å². The zero-order chi connectivity index (χ0) is 27.9. The predicted molar refractivity (Wildman–Crippen MR) is 143 cm³/mol. The first-order valence-electron chi connectivity index (χ1n) is 13.2. The number of primary amides is 1. The largest absolute Gasteiger partial charge is 0.444 e. The Labute approximate surface area is 220 Å². The van der Waals surface area contributed by atoms with Crippen LogP contribution in [0.1, 0.15) is 95.9 Å². The Morgan fingerprint density at radius 2 is 1.73 bits per heavy atom. The summed E-state index contributed by atoms with van der Waals surface area (Å²) in [7, 11) is 0. The molecule has 0 spiro atoms. The molecule has 4 N–H and O–H groups in total. The van der Waals surface area contributed by atoms with Crippen LogP contribution in [-0.4, -0.2) is 52.4 Å². The van der Waals surface area contributed by atoms with Gasteiger partial charge in [0.05, 0.1) is 0 Å². The molecule has 1 saturated carbocycles. The Morgan fingerprint density at radius 3 is 2.24 bits per heavy atom. The molecule has 1 aromatic rings. The molecule has 37 heavy (non-hydrogen) atoms. The minimum absolute atomic E-state index is 0.00410. The van der Waals surface area contributed by atoms with Crippen LogP contribution in [0.15, 0.2) is 18.2 Å². The summed E-state index contributed by atoms with van der Waals surface area (Å²) >= 11 is 0. The summed E-state index contributed by atoms with van der Waals surface area (Å²) < 4.78 is 5.37. The fourth-order valence-corrected chi connectivity index (χ4v) is 4.24. The van der Waals surface area contributed by atoms with Gasteiger partial charge in [0, 0.05) is 18.5 Å². The number of aryl methyl sites for hydroxylation is 2. The quantitative estimate of drug-likeness (QED) is 0.389. The summed E-state index contributed by atoms with van der Waals surface area (Å²) in [6, 6.07) is 3.59. The third kappa shape index (κ3) is 9.37. The summed E-state index contributed by atoms with van der Waals surface area (Å²) in [5.41, 5.74) is 7.39. The maximum absolute atomic E-state index is 14.0. The van der Waals surface area contributed by atoms with Crippen molar-refractivity contribution >= 4 is 23.8 Å². The molecule has 1 aromatic carbocycles. The molecule has 9 nitrogen and oxygen atoms in total. The molecule has 1 fully saturated rings. The Kier molecular flexibility index (Phi) is 10.5. The highest BCUT2D eigenvalue weighted by Gasteiger charge is 2.44. The molecule has 2 rings (SSSR count). The second-order valence-electron chi connectivity index (χ2n) is 11.1. The van der Waals surface area contributed by atoms with E-state index in [0.29, 0.717) is 5.56 Å². The van der Waals surface area contributed by atoms with Gasteiger partial charge >= 0.3 is 6.09 Å². The number of carbonyl (C=O) groups excluding carboxylic acids is 4. The lowest BCUT2D eigenvalue weighted by Crippen LogP contribution is -2.54. The first kappa shape index (κ1) is 30.1. The second kappa shape index (κ2) is 12.9. The van der Waals surface area contributed by atoms with Gasteiger partial charge < -0.3 is 26.0 Å². The molecule has 0 radical (unpaired) electrons. The standard InChI is InChI=1S/C28H44N4O5/c1-8-9-19(4)30-25(34)24(20-11-10-17(2)18(3)16-20)32(21-12-13-21)26(35)22(14-15-23(29)33)31-27(36)37-28(5,6)7/h10-11,16,19,21-22,24H,8-9,12-15H2,1-7H3,(H2,29,33)(H,30,34)(H,31,36). The molecule has 0 aromatic heterocycles. The number of hydrogen-bond acceptors (Lipinski definition) is 5. The average Bonchev–Trinajstić information content (AvgIpc) is 3.60. The van der Waals surface area contributed by atoms with Gasteiger partial charge in [-0.05, 0) is 83.9 Å². The molecule has 0 aliphatic heterocycles. The molecule has 3 atom stereocenters. The monoisotopic (exact) mass is 516 g/mol. The van der Waals surface area contributed by atoms with E-state index in [1.807, 2.05) is 39.0 Å². The van der Waals surface area contributed by atoms with Crippen molar-refractivity contribution in [1.29, 1.82) is 0 Å². The van der Waals surface area contributed by atoms with Gasteiger partial charge in [0.1, 0.15) is 17.7 Å². The van der Waals surface area contributed by atoms with Crippen LogP contribution in [0.3, 0.4) is 0 Å². The minimum Gasteiger partial charge on any atom is -0.444 e. The number of nitrogens with one attached hydrogen (secondary N) is 2. The molecule has 9 heteroatoms. The topological polar surface area (TPSA) is 131 Å². The van der Waals surface area contributed by atoms with Gasteiger partial charge in [-0.3, -0.25) is 14.4 Å². The Hall–Kier alpha value is -3.10. The Morgan fingerprint density at radius 1 is 1.08 bits per heavy atom. The third-order valence-electron chi connectivity index (χ3n) is 6.35. The summed E-state index contributed by atoms with van der Waals surface area (Å²) in [5, 5.41) is 5.70. The van der Waals surface area contributed by atoms with Crippen LogP contribution in [0.4, 0.5) is 4.79 Å². The van der Waals surface area contributed by atoms with E-state index in [1.54, 1.807) is 25.7 Å². The van der Waals surface area contributed by atoms with E-state index in [-0.39, 0.29) is 30.8 Å². The normalized spacial score (nSPS) is 15.8. The first-order valence-corrected chi connectivity index (χ1v) is 13.2. The number of ether oxygens (including phenoxy) is 1. The molecule has 1 aliphatic carbocycles. The van der Waals surface area contributed by atoms with Crippen LogP contribution >= 0.6 is 0 Å². The van der Waals surface area contributed by atoms with Crippen molar-refractivity contribution in [3.8, 4) is 0 Å². The number of carbonyl (C=O) groups is 4. The van der Waals surface area contributed by atoms with E-state index >= 15 is 0 Å². The van der Waals surface area contributed by atoms with Gasteiger partial charge in [-0.15, -0.1) is 0 Å². The van der Waals surface area contributed by atoms with Gasteiger partial charge in [-0.2, -0.15) is 0 Å². The van der Waals surface area contributed by atoms with Crippen molar-refractivity contribution in [2.45, 2.75) is 117 Å². The number of amides is 4. The van der Waals surface area contributed by atoms with Gasteiger partial charge in [0.15, 0.2) is 0 Å². The second-order valence-corrected chi connectivity index (χ2v) is 11.1. The predicted octanol–water partition coefficient (Wildman–Crippen LogP) is 3.80. The van der Waals surface area contributed by atoms with Crippen LogP contribution in [0.2, 0.25) is 0 Å². The van der Waals surface area contributed by atoms with Crippen molar-refractivity contribution in [2.75, 3.05) is 0 Å². The maximum Gasteiger partial charge on any atom is 0.408 e. The summed E-state index contributed by atoms with van der Waals surface area (Å²) in [6.45, 7) is 13.1. The number of alkyl carbamates (subject to hydrolysis) is 1. The highest BCUT2D eigenvalue weighted by molar-refractivity contribution is 5.93. The van der Waals surface area contributed by atoms with E-state index in [1.165, 1.54) is 0 Å². The molecule has 4 amide bonds. The van der Waals surface area contributed by atoms with Crippen molar-refractivity contribution in [3.05, 3.63) is 34.9 Å². The molecular formula is C28H44N4O5. The molecule has 0 saturated heterocycles. The SMILES string of the molecule is CCCC(C)NC(=O)C(c1ccc(C)c(C)c1)N(C(=O)C(CCC(N)=O)NC(=O)OC(C)(C)C)C1CC1. The number of rotatable bonds is 12. The van der Waals surface area contributed by atoms with Gasteiger partial charge in [0.25, 0.3) is 0 Å². The lowest BCUT2D eigenvalue weighted by atomic mass is 9.97. The van der Waals surface area contributed by atoms with Crippen LogP contribution in [0.25, 0.3) is 0 Å². The molecular weight excluding hydrogens is 472 g/mol. The number of nitrogens with two attached hydrogens (primary N) is 1. The summed E-state index contributed by atoms with van der Waals surface area (Å²) in [4.78, 5) is 53.5. The van der Waals surface area contributed by atoms with Gasteiger partial charge in [-0.25, -0.2) is 4.79 Å². The number of hydrogen-bond donors (Lipinski definition) is 3. The highest BCUT2D eigenvalue weighted by Crippen LogP contribution is 2.36. The Bertz CT molecular complexity index is 983. The first-order chi connectivity index (χ1) is 17.2. The fraction of sp³-hybridized carbons (Fsp3) is 0.643. The fourth-order valence-electron chi connectivity index (χ4n) is 4.24. The van der Waals surface area contributed by atoms with E-state index in [9.17, 15) is 19.2 Å². The molecule has 3 unspecified atom stereocenters. The number of nitrogens with zero attached hydrogens (tertiary/aromatic N) is 1. The van der Waals surface area contributed by atoms with E-state index in [2.05, 4.69) is 17.6 Å². The van der Waals surface area contributed by atoms with Crippen LogP contribution in [0.5, 0.6) is 0 Å². The van der Waals surface area contributed by atoms with E-state index in [4.69, 9.17) is 10.5 Å². The molecule has 1 aliphatic rings. The Balaban J connectivity index is 2.48. The van der Waals surface area contributed by atoms with Crippen LogP contribution in [0, 0.1) is 13.8 Å². The average molecular weight is 517 g/mol. The third-order valence-corrected chi connectivity index (χ3v) is 6.35. The van der Waals surface area contributed by atoms with Crippen molar-refractivity contribution in [1.82, 2.24) is 15.5 Å². The molecule has 206 valence electrons. The number of benzene rings is 1. The molecule has 0 bridgehead atoms. The van der Waals surface area contributed by atoms with Gasteiger partial charge in [0.2, 0.25) is 17.7 Å². The highest BCUT2D eigenvalue weighted by atomic mass is 16.6. The van der Waals surface area contributed by atoms with Crippen LogP contribution in [-0.2, 0) is 19.1 Å². The zero-order valence-electron chi connectivity index (χ0n) is 23.3. The minimum atomic E-state index is -1.07. The zero-order valence-corrected chi connectivity index (χ0v) is 23.3. The lowest BCUT2D eigenvalue weighted by molar-refractivity contribution is -0.143. The summed E-state index contributed by atoms with van der Waals surface area (Å²) in [5.74, 6) is -1.29. The maximum atomic E-state index is 14.0. The lowest BCUT2D eigenvalue weighted by Gasteiger charge is -2.35.